The topological polar surface area (TPSA) is 47.3 Å². The van der Waals surface area contributed by atoms with Crippen LogP contribution in [0.2, 0.25) is 0 Å². The molecule has 0 fully saturated rings. The number of halogens is 2. The number of rotatable bonds is 4. The third kappa shape index (κ3) is 3.22. The number of nitrogens with one attached hydrogen (secondary N) is 1. The Morgan fingerprint density at radius 1 is 1.30 bits per heavy atom. The Hall–Kier alpha value is -1.75. The number of nitrogens with two attached hydrogens (primary N) is 1. The number of benzene rings is 2. The molecule has 0 aliphatic heterocycles. The van der Waals surface area contributed by atoms with Crippen LogP contribution in [-0.2, 0) is 0 Å². The maximum atomic E-state index is 13.6. The predicted molar refractivity (Wildman–Crippen MR) is 84.1 cm³/mol. The highest BCUT2D eigenvalue weighted by Crippen LogP contribution is 2.31. The van der Waals surface area contributed by atoms with Crippen LogP contribution < -0.4 is 15.8 Å². The second-order valence-corrected chi connectivity index (χ2v) is 5.25. The van der Waals surface area contributed by atoms with E-state index in [1.54, 1.807) is 13.0 Å². The average molecular weight is 339 g/mol. The molecule has 0 spiro atoms. The Bertz CT molecular complexity index is 632. The van der Waals surface area contributed by atoms with Gasteiger partial charge in [0.05, 0.1) is 18.0 Å². The van der Waals surface area contributed by atoms with Gasteiger partial charge in [-0.2, -0.15) is 0 Å². The third-order valence-corrected chi connectivity index (χ3v) is 3.71. The maximum Gasteiger partial charge on any atom is 0.167 e. The van der Waals surface area contributed by atoms with Crippen LogP contribution in [0.15, 0.2) is 34.8 Å². The van der Waals surface area contributed by atoms with Crippen molar-refractivity contribution in [3.8, 4) is 5.75 Å². The minimum atomic E-state index is -0.458. The van der Waals surface area contributed by atoms with Crippen LogP contribution >= 0.6 is 15.9 Å². The Morgan fingerprint density at radius 2 is 2.05 bits per heavy atom. The Balaban J connectivity index is 2.32. The molecule has 0 amide bonds. The summed E-state index contributed by atoms with van der Waals surface area (Å²) in [6.07, 6.45) is 0. The van der Waals surface area contributed by atoms with Crippen LogP contribution in [0.5, 0.6) is 5.75 Å². The fourth-order valence-electron chi connectivity index (χ4n) is 1.77. The Labute approximate surface area is 126 Å². The Kier molecular flexibility index (Phi) is 4.49. The smallest absolute Gasteiger partial charge is 0.167 e. The van der Waals surface area contributed by atoms with Crippen LogP contribution in [0, 0.1) is 12.7 Å². The van der Waals surface area contributed by atoms with Crippen molar-refractivity contribution >= 4 is 33.0 Å². The van der Waals surface area contributed by atoms with E-state index < -0.39 is 5.82 Å². The van der Waals surface area contributed by atoms with Gasteiger partial charge in [-0.05, 0) is 31.5 Å². The van der Waals surface area contributed by atoms with E-state index in [2.05, 4.69) is 21.2 Å². The van der Waals surface area contributed by atoms with Gasteiger partial charge in [0.1, 0.15) is 0 Å². The first-order chi connectivity index (χ1) is 9.51. The molecule has 0 heterocycles. The quantitative estimate of drug-likeness (QED) is 0.799. The molecule has 3 N–H and O–H groups in total. The summed E-state index contributed by atoms with van der Waals surface area (Å²) in [5, 5.41) is 3.16. The SMILES string of the molecule is CCOc1cc(Nc2ccc(C)c(Br)c2)c(N)cc1F. The zero-order valence-corrected chi connectivity index (χ0v) is 12.9. The summed E-state index contributed by atoms with van der Waals surface area (Å²) < 4.78 is 19.9. The van der Waals surface area contributed by atoms with Gasteiger partial charge < -0.3 is 15.8 Å². The second kappa shape index (κ2) is 6.13. The lowest BCUT2D eigenvalue weighted by Gasteiger charge is -2.13. The van der Waals surface area contributed by atoms with Gasteiger partial charge in [0.2, 0.25) is 0 Å². The lowest BCUT2D eigenvalue weighted by atomic mass is 10.2. The van der Waals surface area contributed by atoms with Gasteiger partial charge in [-0.3, -0.25) is 0 Å². The summed E-state index contributed by atoms with van der Waals surface area (Å²) in [4.78, 5) is 0. The zero-order valence-electron chi connectivity index (χ0n) is 11.3. The third-order valence-electron chi connectivity index (χ3n) is 2.85. The van der Waals surface area contributed by atoms with Gasteiger partial charge in [0.25, 0.3) is 0 Å². The second-order valence-electron chi connectivity index (χ2n) is 4.39. The number of ether oxygens (including phenoxy) is 1. The van der Waals surface area contributed by atoms with Crippen LogP contribution in [0.3, 0.4) is 0 Å². The molecule has 5 heteroatoms. The number of hydrogen-bond donors (Lipinski definition) is 2. The van der Waals surface area contributed by atoms with Crippen molar-refractivity contribution in [2.24, 2.45) is 0 Å². The first kappa shape index (κ1) is 14.7. The van der Waals surface area contributed by atoms with Crippen molar-refractivity contribution in [3.05, 3.63) is 46.2 Å². The number of hydrogen-bond acceptors (Lipinski definition) is 3. The molecule has 0 bridgehead atoms. The predicted octanol–water partition coefficient (Wildman–Crippen LogP) is 4.62. The standard InChI is InChI=1S/C15H16BrFN2O/c1-3-20-15-8-14(13(18)7-12(15)17)19-10-5-4-9(2)11(16)6-10/h4-8,19H,3,18H2,1-2H3. The Morgan fingerprint density at radius 3 is 2.70 bits per heavy atom. The van der Waals surface area contributed by atoms with E-state index in [-0.39, 0.29) is 5.75 Å². The van der Waals surface area contributed by atoms with Crippen LogP contribution in [-0.4, -0.2) is 6.61 Å². The van der Waals surface area contributed by atoms with Crippen molar-refractivity contribution in [2.75, 3.05) is 17.7 Å². The minimum Gasteiger partial charge on any atom is -0.491 e. The molecule has 0 atom stereocenters. The molecular weight excluding hydrogens is 323 g/mol. The first-order valence-corrected chi connectivity index (χ1v) is 7.05. The lowest BCUT2D eigenvalue weighted by Crippen LogP contribution is -2.01. The molecule has 106 valence electrons. The molecule has 3 nitrogen and oxygen atoms in total. The van der Waals surface area contributed by atoms with Gasteiger partial charge >= 0.3 is 0 Å². The van der Waals surface area contributed by atoms with E-state index in [9.17, 15) is 4.39 Å². The molecule has 2 aromatic carbocycles. The summed E-state index contributed by atoms with van der Waals surface area (Å²) >= 11 is 3.47. The van der Waals surface area contributed by atoms with Crippen LogP contribution in [0.25, 0.3) is 0 Å². The normalized spacial score (nSPS) is 10.4. The van der Waals surface area contributed by atoms with E-state index in [4.69, 9.17) is 10.5 Å². The van der Waals surface area contributed by atoms with Gasteiger partial charge in [0, 0.05) is 22.3 Å². The highest BCUT2D eigenvalue weighted by Gasteiger charge is 2.09. The molecule has 0 unspecified atom stereocenters. The molecule has 0 saturated carbocycles. The van der Waals surface area contributed by atoms with Gasteiger partial charge in [0.15, 0.2) is 11.6 Å². The van der Waals surface area contributed by atoms with Crippen molar-refractivity contribution in [1.82, 2.24) is 0 Å². The number of nitrogen functional groups attached to an aromatic ring is 1. The van der Waals surface area contributed by atoms with E-state index in [0.717, 1.165) is 15.7 Å². The monoisotopic (exact) mass is 338 g/mol. The lowest BCUT2D eigenvalue weighted by molar-refractivity contribution is 0.322. The summed E-state index contributed by atoms with van der Waals surface area (Å²) in [7, 11) is 0. The summed E-state index contributed by atoms with van der Waals surface area (Å²) in [5.41, 5.74) is 8.79. The highest BCUT2D eigenvalue weighted by molar-refractivity contribution is 9.10. The summed E-state index contributed by atoms with van der Waals surface area (Å²) in [5.74, 6) is -0.268. The van der Waals surface area contributed by atoms with Crippen molar-refractivity contribution in [2.45, 2.75) is 13.8 Å². The van der Waals surface area contributed by atoms with E-state index >= 15 is 0 Å². The van der Waals surface area contributed by atoms with E-state index in [1.807, 2.05) is 25.1 Å². The van der Waals surface area contributed by atoms with Crippen molar-refractivity contribution < 1.29 is 9.13 Å². The van der Waals surface area contributed by atoms with Crippen LogP contribution in [0.1, 0.15) is 12.5 Å². The average Bonchev–Trinajstić information content (AvgIpc) is 2.39. The molecule has 2 rings (SSSR count). The molecule has 2 aromatic rings. The van der Waals surface area contributed by atoms with E-state index in [1.165, 1.54) is 6.07 Å². The number of aryl methyl sites for hydroxylation is 1. The van der Waals surface area contributed by atoms with E-state index in [0.29, 0.717) is 18.0 Å². The molecule has 0 radical (unpaired) electrons. The highest BCUT2D eigenvalue weighted by atomic mass is 79.9. The fourth-order valence-corrected chi connectivity index (χ4v) is 2.15. The van der Waals surface area contributed by atoms with Crippen molar-refractivity contribution in [1.29, 1.82) is 0 Å². The zero-order chi connectivity index (χ0) is 14.7. The maximum absolute atomic E-state index is 13.6. The minimum absolute atomic E-state index is 0.190. The molecule has 0 saturated heterocycles. The molecule has 0 aromatic heterocycles. The fraction of sp³-hybridized carbons (Fsp3) is 0.200. The summed E-state index contributed by atoms with van der Waals surface area (Å²) in [6, 6.07) is 8.69. The molecule has 0 aliphatic rings. The van der Waals surface area contributed by atoms with Gasteiger partial charge in [-0.1, -0.05) is 22.0 Å². The van der Waals surface area contributed by atoms with Crippen LogP contribution in [0.4, 0.5) is 21.5 Å². The first-order valence-electron chi connectivity index (χ1n) is 6.26. The largest absolute Gasteiger partial charge is 0.491 e. The number of anilines is 3. The summed E-state index contributed by atoms with van der Waals surface area (Å²) in [6.45, 7) is 4.21. The van der Waals surface area contributed by atoms with Gasteiger partial charge in [-0.15, -0.1) is 0 Å². The molecule has 0 aliphatic carbocycles. The van der Waals surface area contributed by atoms with Gasteiger partial charge in [-0.25, -0.2) is 4.39 Å². The van der Waals surface area contributed by atoms with Crippen molar-refractivity contribution in [3.63, 3.8) is 0 Å². The molecule has 20 heavy (non-hydrogen) atoms. The molecular formula is C15H16BrFN2O.